The Labute approximate surface area is 179 Å². The SMILES string of the molecule is COC(=O)c1cccc(-n2c(C)cc(/C=C(/C#N)C(=O)Nc3ccc(F)cc3)c2C)c1. The Morgan fingerprint density at radius 2 is 1.84 bits per heavy atom. The number of amides is 1. The molecule has 0 aliphatic heterocycles. The standard InChI is InChI=1S/C24H20FN3O3/c1-15-11-18(12-19(14-26)23(29)27-21-9-7-20(25)8-10-21)16(2)28(15)22-6-4-5-17(13-22)24(30)31-3/h4-13H,1-3H3,(H,27,29)/b19-12-. The zero-order valence-corrected chi connectivity index (χ0v) is 17.3. The topological polar surface area (TPSA) is 84.1 Å². The Kier molecular flexibility index (Phi) is 6.32. The van der Waals surface area contributed by atoms with Gasteiger partial charge in [-0.05, 0) is 74.0 Å². The number of esters is 1. The largest absolute Gasteiger partial charge is 0.465 e. The van der Waals surface area contributed by atoms with Crippen LogP contribution in [0.1, 0.15) is 27.3 Å². The van der Waals surface area contributed by atoms with Gasteiger partial charge in [-0.3, -0.25) is 4.79 Å². The molecule has 1 heterocycles. The van der Waals surface area contributed by atoms with Crippen molar-refractivity contribution >= 4 is 23.6 Å². The lowest BCUT2D eigenvalue weighted by Gasteiger charge is -2.11. The smallest absolute Gasteiger partial charge is 0.337 e. The highest BCUT2D eigenvalue weighted by Gasteiger charge is 2.15. The summed E-state index contributed by atoms with van der Waals surface area (Å²) in [5.74, 6) is -1.45. The first-order valence-electron chi connectivity index (χ1n) is 9.40. The average Bonchev–Trinajstić information content (AvgIpc) is 3.05. The van der Waals surface area contributed by atoms with E-state index in [2.05, 4.69) is 5.32 Å². The van der Waals surface area contributed by atoms with Crippen LogP contribution in [-0.2, 0) is 9.53 Å². The summed E-state index contributed by atoms with van der Waals surface area (Å²) < 4.78 is 19.8. The number of hydrogen-bond donors (Lipinski definition) is 1. The Morgan fingerprint density at radius 3 is 2.48 bits per heavy atom. The monoisotopic (exact) mass is 417 g/mol. The van der Waals surface area contributed by atoms with Gasteiger partial charge in [-0.1, -0.05) is 6.07 Å². The highest BCUT2D eigenvalue weighted by Crippen LogP contribution is 2.24. The number of carbonyl (C=O) groups excluding carboxylic acids is 2. The quantitative estimate of drug-likeness (QED) is 0.375. The van der Waals surface area contributed by atoms with Crippen LogP contribution in [0.4, 0.5) is 10.1 Å². The van der Waals surface area contributed by atoms with Crippen molar-refractivity contribution in [1.82, 2.24) is 4.57 Å². The van der Waals surface area contributed by atoms with Gasteiger partial charge in [-0.15, -0.1) is 0 Å². The number of carbonyl (C=O) groups is 2. The van der Waals surface area contributed by atoms with E-state index in [9.17, 15) is 19.2 Å². The van der Waals surface area contributed by atoms with Crippen LogP contribution in [-0.4, -0.2) is 23.6 Å². The first-order chi connectivity index (χ1) is 14.8. The summed E-state index contributed by atoms with van der Waals surface area (Å²) in [4.78, 5) is 24.4. The fourth-order valence-corrected chi connectivity index (χ4v) is 3.26. The van der Waals surface area contributed by atoms with Crippen LogP contribution in [0.25, 0.3) is 11.8 Å². The maximum Gasteiger partial charge on any atom is 0.337 e. The molecule has 6 nitrogen and oxygen atoms in total. The minimum atomic E-state index is -0.591. The fraction of sp³-hybridized carbons (Fsp3) is 0.125. The Bertz CT molecular complexity index is 1220. The number of nitriles is 1. The zero-order valence-electron chi connectivity index (χ0n) is 17.3. The van der Waals surface area contributed by atoms with Gasteiger partial charge < -0.3 is 14.6 Å². The molecule has 0 aliphatic carbocycles. The van der Waals surface area contributed by atoms with Crippen LogP contribution in [0.3, 0.4) is 0 Å². The normalized spacial score (nSPS) is 11.0. The number of aryl methyl sites for hydroxylation is 1. The van der Waals surface area contributed by atoms with Crippen molar-refractivity contribution in [3.63, 3.8) is 0 Å². The number of methoxy groups -OCH3 is 1. The molecule has 2 aromatic carbocycles. The molecule has 0 saturated carbocycles. The van der Waals surface area contributed by atoms with Gasteiger partial charge in [0, 0.05) is 22.8 Å². The van der Waals surface area contributed by atoms with E-state index in [0.29, 0.717) is 16.8 Å². The van der Waals surface area contributed by atoms with Crippen molar-refractivity contribution in [2.45, 2.75) is 13.8 Å². The van der Waals surface area contributed by atoms with Crippen molar-refractivity contribution in [2.24, 2.45) is 0 Å². The van der Waals surface area contributed by atoms with Crippen LogP contribution < -0.4 is 5.32 Å². The number of rotatable bonds is 5. The zero-order chi connectivity index (χ0) is 22.5. The molecule has 31 heavy (non-hydrogen) atoms. The summed E-state index contributed by atoms with van der Waals surface area (Å²) >= 11 is 0. The molecule has 0 spiro atoms. The second-order valence-electron chi connectivity index (χ2n) is 6.83. The Balaban J connectivity index is 1.94. The number of aromatic nitrogens is 1. The van der Waals surface area contributed by atoms with E-state index in [1.807, 2.05) is 36.6 Å². The number of halogens is 1. The third kappa shape index (κ3) is 4.70. The molecular weight excluding hydrogens is 397 g/mol. The second kappa shape index (κ2) is 9.09. The minimum Gasteiger partial charge on any atom is -0.465 e. The van der Waals surface area contributed by atoms with Gasteiger partial charge in [0.05, 0.1) is 12.7 Å². The number of nitrogens with one attached hydrogen (secondary N) is 1. The van der Waals surface area contributed by atoms with E-state index in [-0.39, 0.29) is 5.57 Å². The molecule has 3 rings (SSSR count). The third-order valence-corrected chi connectivity index (χ3v) is 4.76. The lowest BCUT2D eigenvalue weighted by Crippen LogP contribution is -2.13. The summed E-state index contributed by atoms with van der Waals surface area (Å²) in [7, 11) is 1.32. The molecule has 156 valence electrons. The molecular formula is C24H20FN3O3. The predicted octanol–water partition coefficient (Wildman–Crippen LogP) is 4.57. The van der Waals surface area contributed by atoms with Gasteiger partial charge in [0.1, 0.15) is 17.5 Å². The van der Waals surface area contributed by atoms with Gasteiger partial charge in [-0.2, -0.15) is 5.26 Å². The van der Waals surface area contributed by atoms with E-state index in [4.69, 9.17) is 4.74 Å². The average molecular weight is 417 g/mol. The van der Waals surface area contributed by atoms with E-state index in [1.165, 1.54) is 37.5 Å². The predicted molar refractivity (Wildman–Crippen MR) is 115 cm³/mol. The summed E-state index contributed by atoms with van der Waals surface area (Å²) in [6, 6.07) is 16.0. The first kappa shape index (κ1) is 21.5. The minimum absolute atomic E-state index is 0.0899. The van der Waals surface area contributed by atoms with Crippen molar-refractivity contribution in [2.75, 3.05) is 12.4 Å². The van der Waals surface area contributed by atoms with Crippen molar-refractivity contribution in [3.8, 4) is 11.8 Å². The maximum absolute atomic E-state index is 13.0. The van der Waals surface area contributed by atoms with Crippen molar-refractivity contribution in [3.05, 3.63) is 88.5 Å². The molecule has 0 radical (unpaired) electrons. The highest BCUT2D eigenvalue weighted by molar-refractivity contribution is 6.09. The van der Waals surface area contributed by atoms with Crippen LogP contribution >= 0.6 is 0 Å². The Hall–Kier alpha value is -4.18. The number of anilines is 1. The third-order valence-electron chi connectivity index (χ3n) is 4.76. The molecule has 0 bridgehead atoms. The molecule has 7 heteroatoms. The molecule has 0 saturated heterocycles. The van der Waals surface area contributed by atoms with Gasteiger partial charge in [-0.25, -0.2) is 9.18 Å². The second-order valence-corrected chi connectivity index (χ2v) is 6.83. The molecule has 0 atom stereocenters. The van der Waals surface area contributed by atoms with Crippen LogP contribution in [0.15, 0.2) is 60.2 Å². The lowest BCUT2D eigenvalue weighted by atomic mass is 10.1. The molecule has 0 fully saturated rings. The van der Waals surface area contributed by atoms with Crippen molar-refractivity contribution in [1.29, 1.82) is 5.26 Å². The summed E-state index contributed by atoms with van der Waals surface area (Å²) in [5, 5.41) is 12.1. The van der Waals surface area contributed by atoms with Gasteiger partial charge in [0.2, 0.25) is 0 Å². The Morgan fingerprint density at radius 1 is 1.13 bits per heavy atom. The summed E-state index contributed by atoms with van der Waals surface area (Å²) in [5.41, 5.74) is 3.81. The van der Waals surface area contributed by atoms with Crippen LogP contribution in [0, 0.1) is 31.0 Å². The van der Waals surface area contributed by atoms with Crippen molar-refractivity contribution < 1.29 is 18.7 Å². The molecule has 1 N–H and O–H groups in total. The number of ether oxygens (including phenoxy) is 1. The van der Waals surface area contributed by atoms with Gasteiger partial charge in [0.25, 0.3) is 5.91 Å². The molecule has 0 aliphatic rings. The molecule has 1 amide bonds. The molecule has 3 aromatic rings. The molecule has 0 unspecified atom stereocenters. The van der Waals surface area contributed by atoms with E-state index in [1.54, 1.807) is 18.2 Å². The van der Waals surface area contributed by atoms with Gasteiger partial charge in [0.15, 0.2) is 0 Å². The van der Waals surface area contributed by atoms with E-state index >= 15 is 0 Å². The number of nitrogens with zero attached hydrogens (tertiary/aromatic N) is 2. The highest BCUT2D eigenvalue weighted by atomic mass is 19.1. The van der Waals surface area contributed by atoms with Crippen LogP contribution in [0.5, 0.6) is 0 Å². The van der Waals surface area contributed by atoms with E-state index in [0.717, 1.165) is 17.1 Å². The van der Waals surface area contributed by atoms with Gasteiger partial charge >= 0.3 is 5.97 Å². The number of hydrogen-bond acceptors (Lipinski definition) is 4. The summed E-state index contributed by atoms with van der Waals surface area (Å²) in [6.45, 7) is 3.75. The number of benzene rings is 2. The first-order valence-corrected chi connectivity index (χ1v) is 9.40. The summed E-state index contributed by atoms with van der Waals surface area (Å²) in [6.07, 6.45) is 1.50. The molecule has 1 aromatic heterocycles. The van der Waals surface area contributed by atoms with Crippen LogP contribution in [0.2, 0.25) is 0 Å². The maximum atomic E-state index is 13.0. The lowest BCUT2D eigenvalue weighted by molar-refractivity contribution is -0.112. The van der Waals surface area contributed by atoms with E-state index < -0.39 is 17.7 Å². The fourth-order valence-electron chi connectivity index (χ4n) is 3.26.